The Morgan fingerprint density at radius 1 is 1.30 bits per heavy atom. The topological polar surface area (TPSA) is 75.1 Å². The number of benzene rings is 1. The second-order valence-corrected chi connectivity index (χ2v) is 5.38. The summed E-state index contributed by atoms with van der Waals surface area (Å²) in [4.78, 5) is 19.4. The van der Waals surface area contributed by atoms with Gasteiger partial charge >= 0.3 is 5.97 Å². The number of hydrogen-bond donors (Lipinski definition) is 2. The lowest BCUT2D eigenvalue weighted by Crippen LogP contribution is -2.23. The predicted octanol–water partition coefficient (Wildman–Crippen LogP) is 2.93. The van der Waals surface area contributed by atoms with Crippen LogP contribution in [0.1, 0.15) is 36.8 Å². The van der Waals surface area contributed by atoms with Crippen molar-refractivity contribution in [2.75, 3.05) is 5.32 Å². The normalized spacial score (nSPS) is 22.1. The molecule has 2 unspecified atom stereocenters. The van der Waals surface area contributed by atoms with Gasteiger partial charge in [0, 0.05) is 11.4 Å². The molecular weight excluding hydrogens is 254 g/mol. The minimum atomic E-state index is -1.10. The van der Waals surface area contributed by atoms with Crippen molar-refractivity contribution < 1.29 is 9.90 Å². The number of carbonyl (C=O) groups is 1. The van der Waals surface area contributed by atoms with Gasteiger partial charge in [0.1, 0.15) is 5.82 Å². The Morgan fingerprint density at radius 3 is 2.80 bits per heavy atom. The quantitative estimate of drug-likeness (QED) is 0.897. The largest absolute Gasteiger partial charge is 0.475 e. The van der Waals surface area contributed by atoms with Gasteiger partial charge < -0.3 is 10.4 Å². The van der Waals surface area contributed by atoms with Crippen molar-refractivity contribution in [1.82, 2.24) is 9.97 Å². The zero-order valence-corrected chi connectivity index (χ0v) is 11.3. The molecule has 5 heteroatoms. The number of carboxylic acid groups (broad SMARTS) is 1. The summed E-state index contributed by atoms with van der Waals surface area (Å²) in [5.41, 5.74) is 0.660. The lowest BCUT2D eigenvalue weighted by Gasteiger charge is -2.19. The molecule has 0 amide bonds. The van der Waals surface area contributed by atoms with Crippen molar-refractivity contribution in [2.45, 2.75) is 32.2 Å². The van der Waals surface area contributed by atoms with Crippen molar-refractivity contribution in [1.29, 1.82) is 0 Å². The molecule has 104 valence electrons. The first-order valence-corrected chi connectivity index (χ1v) is 6.92. The Kier molecular flexibility index (Phi) is 3.26. The van der Waals surface area contributed by atoms with E-state index in [0.29, 0.717) is 23.3 Å². The smallest absolute Gasteiger partial charge is 0.374 e. The van der Waals surface area contributed by atoms with Gasteiger partial charge in [0.15, 0.2) is 0 Å². The fourth-order valence-electron chi connectivity index (χ4n) is 2.82. The number of aromatic carboxylic acids is 1. The van der Waals surface area contributed by atoms with E-state index in [1.54, 1.807) is 0 Å². The molecule has 3 rings (SSSR count). The van der Waals surface area contributed by atoms with Gasteiger partial charge in [0.2, 0.25) is 5.82 Å². The Balaban J connectivity index is 2.05. The number of carboxylic acids is 1. The monoisotopic (exact) mass is 271 g/mol. The van der Waals surface area contributed by atoms with E-state index in [4.69, 9.17) is 5.11 Å². The number of nitrogens with zero attached hydrogens (tertiary/aromatic N) is 2. The van der Waals surface area contributed by atoms with Crippen LogP contribution in [0, 0.1) is 5.92 Å². The average Bonchev–Trinajstić information content (AvgIpc) is 2.84. The van der Waals surface area contributed by atoms with Gasteiger partial charge in [-0.25, -0.2) is 14.8 Å². The second kappa shape index (κ2) is 5.07. The molecule has 0 radical (unpaired) electrons. The van der Waals surface area contributed by atoms with E-state index < -0.39 is 5.97 Å². The molecular formula is C15H17N3O2. The Hall–Kier alpha value is -2.17. The number of para-hydroxylation sites is 1. The van der Waals surface area contributed by atoms with Gasteiger partial charge in [0.25, 0.3) is 0 Å². The summed E-state index contributed by atoms with van der Waals surface area (Å²) >= 11 is 0. The summed E-state index contributed by atoms with van der Waals surface area (Å²) in [5.74, 6) is -0.0427. The van der Waals surface area contributed by atoms with Crippen LogP contribution in [0.25, 0.3) is 10.9 Å². The third-order valence-corrected chi connectivity index (χ3v) is 3.98. The van der Waals surface area contributed by atoms with Crippen molar-refractivity contribution >= 4 is 22.7 Å². The highest BCUT2D eigenvalue weighted by molar-refractivity contribution is 5.93. The van der Waals surface area contributed by atoms with E-state index in [0.717, 1.165) is 11.8 Å². The lowest BCUT2D eigenvalue weighted by molar-refractivity contribution is 0.0684. The van der Waals surface area contributed by atoms with Crippen molar-refractivity contribution in [3.63, 3.8) is 0 Å². The summed E-state index contributed by atoms with van der Waals surface area (Å²) in [5, 5.41) is 13.4. The van der Waals surface area contributed by atoms with Crippen LogP contribution in [-0.4, -0.2) is 27.1 Å². The molecule has 1 aromatic heterocycles. The van der Waals surface area contributed by atoms with Gasteiger partial charge in [-0.05, 0) is 30.9 Å². The highest BCUT2D eigenvalue weighted by atomic mass is 16.4. The Labute approximate surface area is 117 Å². The molecule has 2 atom stereocenters. The van der Waals surface area contributed by atoms with Crippen LogP contribution in [-0.2, 0) is 0 Å². The van der Waals surface area contributed by atoms with Crippen LogP contribution >= 0.6 is 0 Å². The number of hydrogen-bond acceptors (Lipinski definition) is 4. The fourth-order valence-corrected chi connectivity index (χ4v) is 2.82. The molecule has 1 aromatic carbocycles. The number of aromatic nitrogens is 2. The van der Waals surface area contributed by atoms with Crippen LogP contribution in [0.5, 0.6) is 0 Å². The minimum absolute atomic E-state index is 0.156. The number of anilines is 1. The minimum Gasteiger partial charge on any atom is -0.475 e. The van der Waals surface area contributed by atoms with Crippen LogP contribution < -0.4 is 5.32 Å². The molecule has 1 saturated carbocycles. The molecule has 2 aromatic rings. The standard InChI is InChI=1S/C15H17N3O2/c1-9-5-4-8-11(9)16-13-10-6-2-3-7-12(10)17-14(18-13)15(19)20/h2-3,6-7,9,11H,4-5,8H2,1H3,(H,19,20)(H,16,17,18). The lowest BCUT2D eigenvalue weighted by atomic mass is 10.1. The maximum atomic E-state index is 11.1. The van der Waals surface area contributed by atoms with Crippen LogP contribution in [0.4, 0.5) is 5.82 Å². The molecule has 0 saturated heterocycles. The van der Waals surface area contributed by atoms with E-state index in [2.05, 4.69) is 22.2 Å². The first-order valence-electron chi connectivity index (χ1n) is 6.92. The van der Waals surface area contributed by atoms with Crippen molar-refractivity contribution in [3.05, 3.63) is 30.1 Å². The summed E-state index contributed by atoms with van der Waals surface area (Å²) in [6, 6.07) is 7.85. The van der Waals surface area contributed by atoms with Crippen molar-refractivity contribution in [2.24, 2.45) is 5.92 Å². The van der Waals surface area contributed by atoms with E-state index in [1.165, 1.54) is 12.8 Å². The van der Waals surface area contributed by atoms with Crippen molar-refractivity contribution in [3.8, 4) is 0 Å². The SMILES string of the molecule is CC1CCCC1Nc1nc(C(=O)O)nc2ccccc12. The second-order valence-electron chi connectivity index (χ2n) is 5.38. The van der Waals surface area contributed by atoms with E-state index in [-0.39, 0.29) is 5.82 Å². The third kappa shape index (κ3) is 2.31. The average molecular weight is 271 g/mol. The maximum Gasteiger partial charge on any atom is 0.374 e. The third-order valence-electron chi connectivity index (χ3n) is 3.98. The summed E-state index contributed by atoms with van der Waals surface area (Å²) in [7, 11) is 0. The van der Waals surface area contributed by atoms with Gasteiger partial charge in [-0.1, -0.05) is 25.5 Å². The van der Waals surface area contributed by atoms with Crippen LogP contribution in [0.2, 0.25) is 0 Å². The summed E-state index contributed by atoms with van der Waals surface area (Å²) < 4.78 is 0. The molecule has 1 aliphatic carbocycles. The molecule has 2 N–H and O–H groups in total. The molecule has 1 fully saturated rings. The first-order chi connectivity index (χ1) is 9.65. The van der Waals surface area contributed by atoms with Gasteiger partial charge in [-0.15, -0.1) is 0 Å². The molecule has 5 nitrogen and oxygen atoms in total. The highest BCUT2D eigenvalue weighted by Crippen LogP contribution is 2.29. The highest BCUT2D eigenvalue weighted by Gasteiger charge is 2.24. The molecule has 0 aliphatic heterocycles. The van der Waals surface area contributed by atoms with Gasteiger partial charge in [-0.2, -0.15) is 0 Å². The zero-order valence-electron chi connectivity index (χ0n) is 11.3. The van der Waals surface area contributed by atoms with E-state index in [9.17, 15) is 4.79 Å². The fraction of sp³-hybridized carbons (Fsp3) is 0.400. The van der Waals surface area contributed by atoms with Crippen LogP contribution in [0.3, 0.4) is 0 Å². The van der Waals surface area contributed by atoms with Gasteiger partial charge in [-0.3, -0.25) is 0 Å². The predicted molar refractivity (Wildman–Crippen MR) is 76.9 cm³/mol. The number of fused-ring (bicyclic) bond motifs is 1. The number of rotatable bonds is 3. The summed E-state index contributed by atoms with van der Waals surface area (Å²) in [6.07, 6.45) is 3.50. The first kappa shape index (κ1) is 12.8. The Bertz CT molecular complexity index is 657. The maximum absolute atomic E-state index is 11.1. The van der Waals surface area contributed by atoms with E-state index >= 15 is 0 Å². The molecule has 1 heterocycles. The number of nitrogens with one attached hydrogen (secondary N) is 1. The summed E-state index contributed by atoms with van der Waals surface area (Å²) in [6.45, 7) is 2.21. The molecule has 1 aliphatic rings. The zero-order chi connectivity index (χ0) is 14.1. The van der Waals surface area contributed by atoms with Crippen LogP contribution in [0.15, 0.2) is 24.3 Å². The van der Waals surface area contributed by atoms with Gasteiger partial charge in [0.05, 0.1) is 5.52 Å². The Morgan fingerprint density at radius 2 is 2.10 bits per heavy atom. The molecule has 0 spiro atoms. The van der Waals surface area contributed by atoms with E-state index in [1.807, 2.05) is 24.3 Å². The molecule has 0 bridgehead atoms. The molecule has 20 heavy (non-hydrogen) atoms.